The molecule has 0 atom stereocenters. The topological polar surface area (TPSA) is 9.23 Å². The number of fused-ring (bicyclic) bond motifs is 1. The molecule has 1 nitrogen and oxygen atoms in total. The summed E-state index contributed by atoms with van der Waals surface area (Å²) in [7, 11) is 0. The number of hydrogen-bond acceptors (Lipinski definition) is 1. The minimum absolute atomic E-state index is 0.00398. The monoisotopic (exact) mass is 494 g/mol. The Kier molecular flexibility index (Phi) is 6.92. The van der Waals surface area contributed by atoms with Gasteiger partial charge in [0.1, 0.15) is 17.5 Å². The number of aryl methyl sites for hydroxylation is 1. The van der Waals surface area contributed by atoms with Crippen molar-refractivity contribution in [3.63, 3.8) is 0 Å². The molecule has 0 heterocycles. The van der Waals surface area contributed by atoms with Crippen LogP contribution in [0.3, 0.4) is 0 Å². The lowest BCUT2D eigenvalue weighted by Crippen LogP contribution is -2.17. The van der Waals surface area contributed by atoms with Gasteiger partial charge in [-0.25, -0.2) is 17.6 Å². The number of benzene rings is 3. The molecule has 8 heteroatoms. The van der Waals surface area contributed by atoms with Crippen LogP contribution in [0, 0.1) is 23.3 Å². The molecule has 0 radical (unpaired) electrons. The molecule has 184 valence electrons. The lowest BCUT2D eigenvalue weighted by Gasteiger charge is -2.20. The maximum atomic E-state index is 15.3. The van der Waals surface area contributed by atoms with Gasteiger partial charge in [-0.15, -0.1) is 13.2 Å². The van der Waals surface area contributed by atoms with Gasteiger partial charge in [-0.3, -0.25) is 0 Å². The number of halogens is 7. The van der Waals surface area contributed by atoms with Crippen molar-refractivity contribution in [3.05, 3.63) is 88.0 Å². The molecule has 0 spiro atoms. The predicted molar refractivity (Wildman–Crippen MR) is 120 cm³/mol. The summed E-state index contributed by atoms with van der Waals surface area (Å²) in [6, 6.07) is 8.22. The summed E-state index contributed by atoms with van der Waals surface area (Å²) >= 11 is 0. The number of unbranched alkanes of at least 4 members (excludes halogenated alkanes) is 1. The maximum absolute atomic E-state index is 15.3. The van der Waals surface area contributed by atoms with E-state index in [-0.39, 0.29) is 35.1 Å². The highest BCUT2D eigenvalue weighted by Crippen LogP contribution is 2.38. The van der Waals surface area contributed by atoms with Gasteiger partial charge in [0.05, 0.1) is 0 Å². The van der Waals surface area contributed by atoms with E-state index in [1.807, 2.05) is 6.92 Å². The zero-order valence-electron chi connectivity index (χ0n) is 18.7. The fraction of sp³-hybridized carbons (Fsp3) is 0.259. The minimum Gasteiger partial charge on any atom is -0.403 e. The lowest BCUT2D eigenvalue weighted by atomic mass is 9.85. The Morgan fingerprint density at radius 1 is 0.857 bits per heavy atom. The van der Waals surface area contributed by atoms with Gasteiger partial charge in [0.2, 0.25) is 0 Å². The molecule has 0 amide bonds. The molecule has 3 aromatic carbocycles. The third kappa shape index (κ3) is 5.36. The van der Waals surface area contributed by atoms with E-state index in [2.05, 4.69) is 4.74 Å². The molecule has 0 unspecified atom stereocenters. The average molecular weight is 494 g/mol. The van der Waals surface area contributed by atoms with E-state index < -0.39 is 35.4 Å². The van der Waals surface area contributed by atoms with E-state index in [0.717, 1.165) is 31.0 Å². The summed E-state index contributed by atoms with van der Waals surface area (Å²) in [5, 5.41) is 0. The van der Waals surface area contributed by atoms with E-state index in [0.29, 0.717) is 23.1 Å². The summed E-state index contributed by atoms with van der Waals surface area (Å²) in [6.07, 6.45) is -0.907. The minimum atomic E-state index is -5.06. The van der Waals surface area contributed by atoms with Crippen molar-refractivity contribution in [1.29, 1.82) is 0 Å². The first-order chi connectivity index (χ1) is 16.6. The van der Waals surface area contributed by atoms with Crippen LogP contribution in [0.25, 0.3) is 22.8 Å². The molecule has 35 heavy (non-hydrogen) atoms. The van der Waals surface area contributed by atoms with Crippen LogP contribution in [-0.4, -0.2) is 6.36 Å². The summed E-state index contributed by atoms with van der Waals surface area (Å²) in [5.41, 5.74) is 1.59. The van der Waals surface area contributed by atoms with Crippen molar-refractivity contribution in [2.45, 2.75) is 45.4 Å². The molecule has 0 aromatic heterocycles. The van der Waals surface area contributed by atoms with Gasteiger partial charge in [0.15, 0.2) is 11.6 Å². The Balaban J connectivity index is 1.66. The first kappa shape index (κ1) is 24.8. The molecule has 0 saturated heterocycles. The van der Waals surface area contributed by atoms with Crippen LogP contribution in [-0.2, 0) is 12.8 Å². The fourth-order valence-corrected chi connectivity index (χ4v) is 4.30. The summed E-state index contributed by atoms with van der Waals surface area (Å²) in [4.78, 5) is 0. The molecule has 0 bridgehead atoms. The largest absolute Gasteiger partial charge is 0.573 e. The molecule has 4 rings (SSSR count). The molecule has 0 fully saturated rings. The zero-order chi connectivity index (χ0) is 25.3. The van der Waals surface area contributed by atoms with Crippen molar-refractivity contribution in [1.82, 2.24) is 0 Å². The highest BCUT2D eigenvalue weighted by Gasteiger charge is 2.32. The van der Waals surface area contributed by atoms with Crippen molar-refractivity contribution in [2.24, 2.45) is 0 Å². The Labute approximate surface area is 197 Å². The summed E-state index contributed by atoms with van der Waals surface area (Å²) in [5.74, 6) is -4.30. The molecular formula is C27H21F7O. The Bertz CT molecular complexity index is 1270. The average Bonchev–Trinajstić information content (AvgIpc) is 2.78. The second kappa shape index (κ2) is 9.76. The number of ether oxygens (including phenoxy) is 1. The number of alkyl halides is 3. The zero-order valence-corrected chi connectivity index (χ0v) is 18.7. The van der Waals surface area contributed by atoms with E-state index in [1.165, 1.54) is 30.3 Å². The first-order valence-corrected chi connectivity index (χ1v) is 11.1. The smallest absolute Gasteiger partial charge is 0.403 e. The van der Waals surface area contributed by atoms with Crippen LogP contribution in [0.1, 0.15) is 48.4 Å². The Hall–Kier alpha value is -3.29. The van der Waals surface area contributed by atoms with Gasteiger partial charge in [-0.05, 0) is 77.8 Å². The van der Waals surface area contributed by atoms with Crippen molar-refractivity contribution >= 4 is 11.6 Å². The highest BCUT2D eigenvalue weighted by molar-refractivity contribution is 5.86. The second-order valence-corrected chi connectivity index (χ2v) is 8.40. The van der Waals surface area contributed by atoms with Gasteiger partial charge >= 0.3 is 6.36 Å². The molecule has 0 aliphatic heterocycles. The molecule has 3 aromatic rings. The Morgan fingerprint density at radius 2 is 1.57 bits per heavy atom. The van der Waals surface area contributed by atoms with Crippen molar-refractivity contribution < 1.29 is 35.5 Å². The number of allylic oxidation sites excluding steroid dienone is 1. The van der Waals surface area contributed by atoms with E-state index >= 15 is 4.39 Å². The summed E-state index contributed by atoms with van der Waals surface area (Å²) < 4.78 is 99.7. The van der Waals surface area contributed by atoms with Crippen LogP contribution in [0.15, 0.2) is 42.5 Å². The van der Waals surface area contributed by atoms with Gasteiger partial charge in [-0.2, -0.15) is 0 Å². The lowest BCUT2D eigenvalue weighted by molar-refractivity contribution is -0.275. The third-order valence-electron chi connectivity index (χ3n) is 5.96. The maximum Gasteiger partial charge on any atom is 0.573 e. The van der Waals surface area contributed by atoms with E-state index in [9.17, 15) is 26.3 Å². The summed E-state index contributed by atoms with van der Waals surface area (Å²) in [6.45, 7) is 1.99. The Morgan fingerprint density at radius 3 is 2.20 bits per heavy atom. The fourth-order valence-electron chi connectivity index (χ4n) is 4.30. The van der Waals surface area contributed by atoms with Crippen molar-refractivity contribution in [2.75, 3.05) is 0 Å². The first-order valence-electron chi connectivity index (χ1n) is 11.1. The predicted octanol–water partition coefficient (Wildman–Crippen LogP) is 8.64. The van der Waals surface area contributed by atoms with Gasteiger partial charge in [0.25, 0.3) is 0 Å². The standard InChI is InChI=1S/C27H21F7O/c1-2-3-4-15-11-22(29)25(23(30)12-15)18-6-9-19-16(13-18)5-8-20(26(19)31)17-7-10-24(21(28)14-17)35-27(32,33)34/h5,7-8,10-14H,2-4,6,9H2,1H3. The molecule has 0 N–H and O–H groups in total. The third-order valence-corrected chi connectivity index (χ3v) is 5.96. The molecule has 1 aliphatic rings. The van der Waals surface area contributed by atoms with Crippen molar-refractivity contribution in [3.8, 4) is 16.9 Å². The van der Waals surface area contributed by atoms with Crippen LogP contribution >= 0.6 is 0 Å². The normalized spacial score (nSPS) is 13.4. The highest BCUT2D eigenvalue weighted by atomic mass is 19.4. The van der Waals surface area contributed by atoms with Gasteiger partial charge in [-0.1, -0.05) is 37.6 Å². The van der Waals surface area contributed by atoms with Crippen LogP contribution in [0.4, 0.5) is 30.7 Å². The van der Waals surface area contributed by atoms with E-state index in [4.69, 9.17) is 0 Å². The van der Waals surface area contributed by atoms with E-state index in [1.54, 1.807) is 0 Å². The molecule has 0 saturated carbocycles. The van der Waals surface area contributed by atoms with Gasteiger partial charge in [0, 0.05) is 11.1 Å². The van der Waals surface area contributed by atoms with Crippen LogP contribution in [0.2, 0.25) is 0 Å². The number of rotatable bonds is 6. The molecule has 1 aliphatic carbocycles. The van der Waals surface area contributed by atoms with Gasteiger partial charge < -0.3 is 4.74 Å². The molecular weight excluding hydrogens is 473 g/mol. The quantitative estimate of drug-likeness (QED) is 0.312. The second-order valence-electron chi connectivity index (χ2n) is 8.40. The van der Waals surface area contributed by atoms with Crippen LogP contribution < -0.4 is 4.74 Å². The van der Waals surface area contributed by atoms with Crippen LogP contribution in [0.5, 0.6) is 5.75 Å². The SMILES string of the molecule is CCCCc1cc(F)c(C2=Cc3ccc(-c4ccc(OC(F)(F)F)c(F)c4)c(F)c3CC2)c(F)c1. The number of hydrogen-bond donors (Lipinski definition) is 0.